The largest absolute Gasteiger partial charge is 0.505 e. The minimum atomic E-state index is -4.85. The summed E-state index contributed by atoms with van der Waals surface area (Å²) in [5.41, 5.74) is -0.240. The summed E-state index contributed by atoms with van der Waals surface area (Å²) in [7, 11) is -4.75. The Hall–Kier alpha value is -3.26. The van der Waals surface area contributed by atoms with Crippen LogP contribution in [0.3, 0.4) is 0 Å². The van der Waals surface area contributed by atoms with Crippen LogP contribution in [0.1, 0.15) is 0 Å². The zero-order valence-electron chi connectivity index (χ0n) is 17.1. The van der Waals surface area contributed by atoms with Crippen LogP contribution in [0.5, 0.6) is 11.5 Å². The second kappa shape index (κ2) is 8.35. The molecule has 0 aromatic heterocycles. The number of phenols is 1. The number of nitrogens with zero attached hydrogens (tertiary/aromatic N) is 3. The lowest BCUT2D eigenvalue weighted by molar-refractivity contribution is 0.412. The molecular weight excluding hydrogens is 462 g/mol. The van der Waals surface area contributed by atoms with Crippen LogP contribution in [0.25, 0.3) is 10.8 Å². The van der Waals surface area contributed by atoms with Crippen molar-refractivity contribution in [3.8, 4) is 11.5 Å². The molecule has 170 valence electrons. The minimum Gasteiger partial charge on any atom is -0.505 e. The average Bonchev–Trinajstić information content (AvgIpc) is 2.71. The van der Waals surface area contributed by atoms with Gasteiger partial charge in [0.15, 0.2) is 5.75 Å². The minimum absolute atomic E-state index is 0.112. The molecule has 0 saturated heterocycles. The molecule has 0 saturated carbocycles. The van der Waals surface area contributed by atoms with Crippen molar-refractivity contribution < 1.29 is 35.8 Å². The molecule has 11 nitrogen and oxygen atoms in total. The Morgan fingerprint density at radius 3 is 2.09 bits per heavy atom. The highest BCUT2D eigenvalue weighted by molar-refractivity contribution is 7.86. The molecule has 0 atom stereocenters. The van der Waals surface area contributed by atoms with E-state index in [-0.39, 0.29) is 16.8 Å². The summed E-state index contributed by atoms with van der Waals surface area (Å²) in [6.07, 6.45) is 0. The Labute approximate surface area is 184 Å². The van der Waals surface area contributed by atoms with Gasteiger partial charge >= 0.3 is 0 Å². The van der Waals surface area contributed by atoms with E-state index in [4.69, 9.17) is 4.74 Å². The number of hydrogen-bond donors (Lipinski definition) is 3. The zero-order valence-corrected chi connectivity index (χ0v) is 18.7. The SMILES string of the molecule is COc1ccc(N=Nc2c(S(=O)(=O)O)cc3cc(N(C)C)ccc3c2O)c(S(=O)(=O)O)c1. The normalized spacial score (nSPS) is 12.4. The van der Waals surface area contributed by atoms with E-state index in [1.54, 1.807) is 31.1 Å². The van der Waals surface area contributed by atoms with Crippen molar-refractivity contribution in [1.29, 1.82) is 0 Å². The lowest BCUT2D eigenvalue weighted by Crippen LogP contribution is -2.08. The number of aromatic hydroxyl groups is 1. The third kappa shape index (κ3) is 4.65. The van der Waals surface area contributed by atoms with Gasteiger partial charge in [-0.3, -0.25) is 9.11 Å². The van der Waals surface area contributed by atoms with E-state index < -0.39 is 41.5 Å². The standard InChI is InChI=1S/C19H19N3O8S2/c1-22(2)12-4-6-14-11(8-12)9-17(32(27,28)29)18(19(14)23)21-20-15-7-5-13(30-3)10-16(15)31(24,25)26/h4-10,23H,1-3H3,(H,24,25,26)(H,27,28,29). The molecule has 13 heteroatoms. The summed E-state index contributed by atoms with van der Waals surface area (Å²) >= 11 is 0. The van der Waals surface area contributed by atoms with Crippen LogP contribution in [0.2, 0.25) is 0 Å². The Bertz CT molecular complexity index is 1450. The molecule has 0 aliphatic rings. The molecule has 3 N–H and O–H groups in total. The first-order chi connectivity index (χ1) is 14.8. The highest BCUT2D eigenvalue weighted by atomic mass is 32.2. The van der Waals surface area contributed by atoms with Crippen LogP contribution in [0.4, 0.5) is 17.1 Å². The molecule has 0 bridgehead atoms. The predicted octanol–water partition coefficient (Wildman–Crippen LogP) is 3.53. The topological polar surface area (TPSA) is 166 Å². The van der Waals surface area contributed by atoms with Crippen LogP contribution < -0.4 is 9.64 Å². The van der Waals surface area contributed by atoms with Gasteiger partial charge in [0.1, 0.15) is 26.9 Å². The Kier molecular flexibility index (Phi) is 6.11. The smallest absolute Gasteiger partial charge is 0.296 e. The van der Waals surface area contributed by atoms with E-state index in [0.29, 0.717) is 11.1 Å². The number of azo groups is 1. The summed E-state index contributed by atoms with van der Waals surface area (Å²) in [4.78, 5) is 0.381. The summed E-state index contributed by atoms with van der Waals surface area (Å²) in [5.74, 6) is -0.480. The van der Waals surface area contributed by atoms with Crippen molar-refractivity contribution in [3.63, 3.8) is 0 Å². The summed E-state index contributed by atoms with van der Waals surface area (Å²) in [6.45, 7) is 0. The van der Waals surface area contributed by atoms with Crippen molar-refractivity contribution in [2.45, 2.75) is 9.79 Å². The quantitative estimate of drug-likeness (QED) is 0.352. The number of benzene rings is 3. The molecule has 0 radical (unpaired) electrons. The average molecular weight is 482 g/mol. The molecule has 0 aliphatic heterocycles. The number of phenolic OH excluding ortho intramolecular Hbond substituents is 1. The monoisotopic (exact) mass is 481 g/mol. The molecule has 0 fully saturated rings. The van der Waals surface area contributed by atoms with Gasteiger partial charge in [0.05, 0.1) is 7.11 Å². The molecule has 3 rings (SSSR count). The van der Waals surface area contributed by atoms with Gasteiger partial charge in [-0.15, -0.1) is 10.2 Å². The van der Waals surface area contributed by atoms with Crippen LogP contribution in [-0.4, -0.2) is 52.3 Å². The summed E-state index contributed by atoms with van der Waals surface area (Å²) < 4.78 is 71.4. The van der Waals surface area contributed by atoms with Gasteiger partial charge in [-0.1, -0.05) is 0 Å². The van der Waals surface area contributed by atoms with E-state index in [0.717, 1.165) is 12.1 Å². The van der Waals surface area contributed by atoms with Gasteiger partial charge in [-0.2, -0.15) is 16.8 Å². The second-order valence-electron chi connectivity index (χ2n) is 6.86. The maximum absolute atomic E-state index is 12.0. The number of rotatable bonds is 6. The summed E-state index contributed by atoms with van der Waals surface area (Å²) in [6, 6.07) is 9.43. The Morgan fingerprint density at radius 2 is 1.53 bits per heavy atom. The first-order valence-electron chi connectivity index (χ1n) is 8.84. The lowest BCUT2D eigenvalue weighted by Gasteiger charge is -2.15. The Balaban J connectivity index is 2.27. The van der Waals surface area contributed by atoms with Gasteiger partial charge in [-0.05, 0) is 41.8 Å². The van der Waals surface area contributed by atoms with E-state index in [1.807, 2.05) is 0 Å². The molecule has 0 unspecified atom stereocenters. The molecule has 3 aromatic carbocycles. The van der Waals surface area contributed by atoms with E-state index in [2.05, 4.69) is 10.2 Å². The van der Waals surface area contributed by atoms with Crippen molar-refractivity contribution in [1.82, 2.24) is 0 Å². The third-order valence-electron chi connectivity index (χ3n) is 4.53. The lowest BCUT2D eigenvalue weighted by atomic mass is 10.1. The fourth-order valence-corrected chi connectivity index (χ4v) is 4.22. The maximum Gasteiger partial charge on any atom is 0.296 e. The van der Waals surface area contributed by atoms with Crippen molar-refractivity contribution in [3.05, 3.63) is 42.5 Å². The second-order valence-corrected chi connectivity index (χ2v) is 9.64. The number of hydrogen-bond acceptors (Lipinski definition) is 9. The van der Waals surface area contributed by atoms with E-state index in [9.17, 15) is 31.0 Å². The first kappa shape index (κ1) is 23.4. The van der Waals surface area contributed by atoms with Gasteiger partial charge in [0, 0.05) is 31.2 Å². The van der Waals surface area contributed by atoms with Crippen LogP contribution in [0.15, 0.2) is 62.5 Å². The number of ether oxygens (including phenoxy) is 1. The maximum atomic E-state index is 12.0. The van der Waals surface area contributed by atoms with E-state index >= 15 is 0 Å². The third-order valence-corrected chi connectivity index (χ3v) is 6.28. The van der Waals surface area contributed by atoms with E-state index in [1.165, 1.54) is 25.3 Å². The number of fused-ring (bicyclic) bond motifs is 1. The number of anilines is 1. The highest BCUT2D eigenvalue weighted by Gasteiger charge is 2.23. The molecule has 0 heterocycles. The van der Waals surface area contributed by atoms with Gasteiger partial charge in [-0.25, -0.2) is 0 Å². The van der Waals surface area contributed by atoms with Gasteiger partial charge in [0.25, 0.3) is 20.2 Å². The molecule has 0 aliphatic carbocycles. The summed E-state index contributed by atoms with van der Waals surface area (Å²) in [5, 5.41) is 18.6. The van der Waals surface area contributed by atoms with Crippen molar-refractivity contribution in [2.75, 3.05) is 26.1 Å². The van der Waals surface area contributed by atoms with Crippen LogP contribution in [0, 0.1) is 0 Å². The molecule has 32 heavy (non-hydrogen) atoms. The number of methoxy groups -OCH3 is 1. The molecule has 0 spiro atoms. The zero-order chi connectivity index (χ0) is 23.8. The molecule has 3 aromatic rings. The van der Waals surface area contributed by atoms with Crippen LogP contribution >= 0.6 is 0 Å². The van der Waals surface area contributed by atoms with Crippen LogP contribution in [-0.2, 0) is 20.2 Å². The van der Waals surface area contributed by atoms with Gasteiger partial charge in [0.2, 0.25) is 0 Å². The fourth-order valence-electron chi connectivity index (χ4n) is 2.93. The predicted molar refractivity (Wildman–Crippen MR) is 117 cm³/mol. The van der Waals surface area contributed by atoms with Gasteiger partial charge < -0.3 is 14.7 Å². The molecular formula is C19H19N3O8S2. The highest BCUT2D eigenvalue weighted by Crippen LogP contribution is 2.42. The Morgan fingerprint density at radius 1 is 0.875 bits per heavy atom. The van der Waals surface area contributed by atoms with Crippen molar-refractivity contribution in [2.24, 2.45) is 10.2 Å². The fraction of sp³-hybridized carbons (Fsp3) is 0.158. The first-order valence-corrected chi connectivity index (χ1v) is 11.7. The van der Waals surface area contributed by atoms with Crippen molar-refractivity contribution >= 4 is 48.1 Å². The molecule has 0 amide bonds.